The minimum absolute atomic E-state index is 0.127. The van der Waals surface area contributed by atoms with Gasteiger partial charge in [-0.25, -0.2) is 4.39 Å². The molecular weight excluding hydrogens is 251 g/mol. The van der Waals surface area contributed by atoms with E-state index in [1.54, 1.807) is 12.1 Å². The lowest BCUT2D eigenvalue weighted by Crippen LogP contribution is -2.31. The topological polar surface area (TPSA) is 15.3 Å². The van der Waals surface area contributed by atoms with Gasteiger partial charge in [-0.3, -0.25) is 0 Å². The quantitative estimate of drug-likeness (QED) is 0.849. The SMILES string of the molecule is Cc1cc(N2CCc3cc(F)ccc3C2)cc2c1CN2. The first-order valence-electron chi connectivity index (χ1n) is 7.10. The molecule has 102 valence electrons. The average molecular weight is 268 g/mol. The second-order valence-corrected chi connectivity index (χ2v) is 5.73. The van der Waals surface area contributed by atoms with Crippen LogP contribution in [0, 0.1) is 12.7 Å². The first kappa shape index (κ1) is 11.8. The number of rotatable bonds is 1. The molecule has 4 rings (SSSR count). The van der Waals surface area contributed by atoms with E-state index in [-0.39, 0.29) is 5.82 Å². The number of anilines is 2. The van der Waals surface area contributed by atoms with Gasteiger partial charge in [0.05, 0.1) is 0 Å². The molecule has 2 aromatic carbocycles. The Morgan fingerprint density at radius 3 is 2.80 bits per heavy atom. The van der Waals surface area contributed by atoms with E-state index in [4.69, 9.17) is 0 Å². The Kier molecular flexibility index (Phi) is 2.49. The van der Waals surface area contributed by atoms with Crippen molar-refractivity contribution >= 4 is 11.4 Å². The summed E-state index contributed by atoms with van der Waals surface area (Å²) in [6, 6.07) is 9.67. The van der Waals surface area contributed by atoms with Crippen molar-refractivity contribution in [1.29, 1.82) is 0 Å². The van der Waals surface area contributed by atoms with E-state index in [1.165, 1.54) is 28.1 Å². The molecule has 2 aliphatic rings. The number of nitrogens with one attached hydrogen (secondary N) is 1. The number of fused-ring (bicyclic) bond motifs is 2. The number of hydrogen-bond acceptors (Lipinski definition) is 2. The molecule has 1 N–H and O–H groups in total. The van der Waals surface area contributed by atoms with Gasteiger partial charge in [0, 0.05) is 31.0 Å². The zero-order chi connectivity index (χ0) is 13.7. The third-order valence-electron chi connectivity index (χ3n) is 4.46. The van der Waals surface area contributed by atoms with Crippen molar-refractivity contribution in [2.24, 2.45) is 0 Å². The minimum atomic E-state index is -0.127. The maximum absolute atomic E-state index is 13.3. The first-order valence-corrected chi connectivity index (χ1v) is 7.10. The van der Waals surface area contributed by atoms with Crippen molar-refractivity contribution in [1.82, 2.24) is 0 Å². The summed E-state index contributed by atoms with van der Waals surface area (Å²) in [4.78, 5) is 2.38. The molecule has 0 atom stereocenters. The van der Waals surface area contributed by atoms with E-state index in [0.717, 1.165) is 31.6 Å². The van der Waals surface area contributed by atoms with E-state index in [2.05, 4.69) is 29.3 Å². The Morgan fingerprint density at radius 2 is 2.05 bits per heavy atom. The van der Waals surface area contributed by atoms with Gasteiger partial charge in [0.2, 0.25) is 0 Å². The summed E-state index contributed by atoms with van der Waals surface area (Å²) in [5.74, 6) is -0.127. The van der Waals surface area contributed by atoms with Crippen LogP contribution in [0.15, 0.2) is 30.3 Å². The highest BCUT2D eigenvalue weighted by molar-refractivity contribution is 5.70. The van der Waals surface area contributed by atoms with Crippen LogP contribution in [-0.2, 0) is 19.5 Å². The Balaban J connectivity index is 1.66. The highest BCUT2D eigenvalue weighted by atomic mass is 19.1. The molecule has 0 radical (unpaired) electrons. The van der Waals surface area contributed by atoms with Crippen LogP contribution in [0.4, 0.5) is 15.8 Å². The lowest BCUT2D eigenvalue weighted by molar-refractivity contribution is 0.619. The molecule has 0 amide bonds. The Morgan fingerprint density at radius 1 is 1.15 bits per heavy atom. The van der Waals surface area contributed by atoms with Crippen LogP contribution >= 0.6 is 0 Å². The average Bonchev–Trinajstić information content (AvgIpc) is 2.40. The van der Waals surface area contributed by atoms with E-state index in [9.17, 15) is 4.39 Å². The molecule has 0 unspecified atom stereocenters. The van der Waals surface area contributed by atoms with E-state index in [0.29, 0.717) is 0 Å². The van der Waals surface area contributed by atoms with Crippen molar-refractivity contribution in [3.63, 3.8) is 0 Å². The van der Waals surface area contributed by atoms with Crippen molar-refractivity contribution in [2.75, 3.05) is 16.8 Å². The molecule has 2 heterocycles. The first-order chi connectivity index (χ1) is 9.70. The van der Waals surface area contributed by atoms with Crippen molar-refractivity contribution < 1.29 is 4.39 Å². The summed E-state index contributed by atoms with van der Waals surface area (Å²) in [5, 5.41) is 3.36. The van der Waals surface area contributed by atoms with Gasteiger partial charge in [-0.05, 0) is 59.9 Å². The number of halogens is 1. The Labute approximate surface area is 118 Å². The van der Waals surface area contributed by atoms with E-state index in [1.807, 2.05) is 6.07 Å². The van der Waals surface area contributed by atoms with Gasteiger partial charge in [-0.15, -0.1) is 0 Å². The van der Waals surface area contributed by atoms with Crippen LogP contribution in [-0.4, -0.2) is 6.54 Å². The molecule has 0 saturated carbocycles. The molecule has 3 heteroatoms. The van der Waals surface area contributed by atoms with Crippen LogP contribution in [0.3, 0.4) is 0 Å². The van der Waals surface area contributed by atoms with Gasteiger partial charge in [0.1, 0.15) is 5.82 Å². The molecule has 0 aliphatic carbocycles. The normalized spacial score (nSPS) is 16.0. The third kappa shape index (κ3) is 1.77. The number of benzene rings is 2. The summed E-state index contributed by atoms with van der Waals surface area (Å²) in [6.45, 7) is 4.99. The zero-order valence-corrected chi connectivity index (χ0v) is 11.5. The van der Waals surface area contributed by atoms with Crippen LogP contribution in [0.25, 0.3) is 0 Å². The molecule has 20 heavy (non-hydrogen) atoms. The second kappa shape index (κ2) is 4.23. The fraction of sp³-hybridized carbons (Fsp3) is 0.294. The molecule has 2 aromatic rings. The van der Waals surface area contributed by atoms with Gasteiger partial charge in [0.15, 0.2) is 0 Å². The summed E-state index contributed by atoms with van der Waals surface area (Å²) in [5.41, 5.74) is 7.73. The van der Waals surface area contributed by atoms with Crippen molar-refractivity contribution in [3.8, 4) is 0 Å². The van der Waals surface area contributed by atoms with Gasteiger partial charge in [-0.1, -0.05) is 6.07 Å². The van der Waals surface area contributed by atoms with Crippen LogP contribution in [0.5, 0.6) is 0 Å². The summed E-state index contributed by atoms with van der Waals surface area (Å²) in [6.07, 6.45) is 0.913. The predicted molar refractivity (Wildman–Crippen MR) is 79.7 cm³/mol. The standard InChI is InChI=1S/C17H17FN2/c1-11-6-15(8-17-16(11)9-19-17)20-5-4-12-7-14(18)3-2-13(12)10-20/h2-3,6-8,19H,4-5,9-10H2,1H3. The number of nitrogens with zero attached hydrogens (tertiary/aromatic N) is 1. The van der Waals surface area contributed by atoms with Crippen LogP contribution in [0.2, 0.25) is 0 Å². The maximum Gasteiger partial charge on any atom is 0.123 e. The third-order valence-corrected chi connectivity index (χ3v) is 4.46. The van der Waals surface area contributed by atoms with Gasteiger partial charge in [0.25, 0.3) is 0 Å². The highest BCUT2D eigenvalue weighted by Crippen LogP contribution is 2.35. The second-order valence-electron chi connectivity index (χ2n) is 5.73. The largest absolute Gasteiger partial charge is 0.381 e. The highest BCUT2D eigenvalue weighted by Gasteiger charge is 2.21. The molecule has 0 fully saturated rings. The van der Waals surface area contributed by atoms with Crippen molar-refractivity contribution in [2.45, 2.75) is 26.4 Å². The molecule has 0 aromatic heterocycles. The van der Waals surface area contributed by atoms with E-state index >= 15 is 0 Å². The molecule has 0 bridgehead atoms. The summed E-state index contributed by atoms with van der Waals surface area (Å²) < 4.78 is 13.3. The minimum Gasteiger partial charge on any atom is -0.381 e. The zero-order valence-electron chi connectivity index (χ0n) is 11.5. The lowest BCUT2D eigenvalue weighted by Gasteiger charge is -2.33. The summed E-state index contributed by atoms with van der Waals surface area (Å²) in [7, 11) is 0. The molecule has 0 saturated heterocycles. The maximum atomic E-state index is 13.3. The van der Waals surface area contributed by atoms with Crippen molar-refractivity contribution in [3.05, 3.63) is 58.4 Å². The van der Waals surface area contributed by atoms with E-state index < -0.39 is 0 Å². The van der Waals surface area contributed by atoms with Crippen LogP contribution in [0.1, 0.15) is 22.3 Å². The molecular formula is C17H17FN2. The fourth-order valence-electron chi connectivity index (χ4n) is 3.19. The van der Waals surface area contributed by atoms with Gasteiger partial charge >= 0.3 is 0 Å². The number of hydrogen-bond donors (Lipinski definition) is 1. The molecule has 0 spiro atoms. The molecule has 2 nitrogen and oxygen atoms in total. The Hall–Kier alpha value is -2.03. The Bertz CT molecular complexity index is 676. The molecule has 2 aliphatic heterocycles. The number of aryl methyl sites for hydroxylation is 1. The lowest BCUT2D eigenvalue weighted by atomic mass is 9.96. The van der Waals surface area contributed by atoms with Gasteiger partial charge in [-0.2, -0.15) is 0 Å². The smallest absolute Gasteiger partial charge is 0.123 e. The van der Waals surface area contributed by atoms with Crippen LogP contribution < -0.4 is 10.2 Å². The fourth-order valence-corrected chi connectivity index (χ4v) is 3.19. The summed E-state index contributed by atoms with van der Waals surface area (Å²) >= 11 is 0. The predicted octanol–water partition coefficient (Wildman–Crippen LogP) is 3.62. The monoisotopic (exact) mass is 268 g/mol. The van der Waals surface area contributed by atoms with Gasteiger partial charge < -0.3 is 10.2 Å².